The fourth-order valence-corrected chi connectivity index (χ4v) is 4.88. The first kappa shape index (κ1) is 12.5. The van der Waals surface area contributed by atoms with Gasteiger partial charge in [-0.05, 0) is 70.1 Å². The van der Waals surface area contributed by atoms with Gasteiger partial charge in [-0.2, -0.15) is 0 Å². The Hall–Kier alpha value is -0.570. The summed E-state index contributed by atoms with van der Waals surface area (Å²) >= 11 is 0. The minimum Gasteiger partial charge on any atom is -0.349 e. The van der Waals surface area contributed by atoms with Gasteiger partial charge in [-0.15, -0.1) is 0 Å². The Labute approximate surface area is 110 Å². The summed E-state index contributed by atoms with van der Waals surface area (Å²) in [5.74, 6) is 2.76. The highest BCUT2D eigenvalue weighted by Gasteiger charge is 2.54. The Bertz CT molecular complexity index is 326. The number of rotatable bonds is 3. The maximum absolute atomic E-state index is 12.7. The molecular weight excluding hydrogens is 224 g/mol. The first-order valence-corrected chi connectivity index (χ1v) is 7.45. The maximum atomic E-state index is 12.7. The molecule has 0 atom stereocenters. The van der Waals surface area contributed by atoms with Gasteiger partial charge in [0.15, 0.2) is 0 Å². The van der Waals surface area contributed by atoms with Gasteiger partial charge in [0.1, 0.15) is 0 Å². The standard InChI is InChI=1S/C15H26N2O/c1-14(2,9-16)17-13(18)15-6-10-3-11(7-15)5-12(4-10)8-15/h10-12H,3-9,16H2,1-2H3,(H,17,18). The van der Waals surface area contributed by atoms with Gasteiger partial charge in [-0.3, -0.25) is 4.79 Å². The summed E-state index contributed by atoms with van der Waals surface area (Å²) in [6.07, 6.45) is 7.54. The fourth-order valence-electron chi connectivity index (χ4n) is 4.88. The molecule has 4 fully saturated rings. The lowest BCUT2D eigenvalue weighted by molar-refractivity contribution is -0.147. The van der Waals surface area contributed by atoms with Gasteiger partial charge in [-0.25, -0.2) is 0 Å². The van der Waals surface area contributed by atoms with Gasteiger partial charge < -0.3 is 11.1 Å². The number of nitrogens with one attached hydrogen (secondary N) is 1. The third-order valence-corrected chi connectivity index (χ3v) is 5.48. The number of carbonyl (C=O) groups excluding carboxylic acids is 1. The van der Waals surface area contributed by atoms with Crippen molar-refractivity contribution in [2.24, 2.45) is 28.9 Å². The van der Waals surface area contributed by atoms with Gasteiger partial charge in [-0.1, -0.05) is 0 Å². The van der Waals surface area contributed by atoms with Crippen LogP contribution in [-0.2, 0) is 4.79 Å². The molecule has 0 aromatic carbocycles. The van der Waals surface area contributed by atoms with Crippen LogP contribution < -0.4 is 11.1 Å². The number of amides is 1. The predicted octanol–water partition coefficient (Wildman–Crippen LogP) is 2.06. The molecule has 3 nitrogen and oxygen atoms in total. The molecule has 0 radical (unpaired) electrons. The smallest absolute Gasteiger partial charge is 0.226 e. The Morgan fingerprint density at radius 1 is 1.17 bits per heavy atom. The third-order valence-electron chi connectivity index (χ3n) is 5.48. The Morgan fingerprint density at radius 2 is 1.61 bits per heavy atom. The summed E-state index contributed by atoms with van der Waals surface area (Å²) in [4.78, 5) is 12.7. The summed E-state index contributed by atoms with van der Waals surface area (Å²) in [5.41, 5.74) is 5.43. The second-order valence-electron chi connectivity index (χ2n) is 7.74. The number of carbonyl (C=O) groups is 1. The first-order chi connectivity index (χ1) is 8.42. The van der Waals surface area contributed by atoms with Crippen molar-refractivity contribution in [3.8, 4) is 0 Å². The molecule has 0 spiro atoms. The highest BCUT2D eigenvalue weighted by Crippen LogP contribution is 2.60. The molecule has 4 saturated carbocycles. The van der Waals surface area contributed by atoms with Crippen molar-refractivity contribution in [3.63, 3.8) is 0 Å². The zero-order chi connectivity index (χ0) is 13.0. The van der Waals surface area contributed by atoms with Crippen LogP contribution in [0.3, 0.4) is 0 Å². The summed E-state index contributed by atoms with van der Waals surface area (Å²) < 4.78 is 0. The van der Waals surface area contributed by atoms with Crippen LogP contribution in [0.5, 0.6) is 0 Å². The van der Waals surface area contributed by atoms with Crippen LogP contribution in [0.1, 0.15) is 52.4 Å². The van der Waals surface area contributed by atoms with Crippen molar-refractivity contribution < 1.29 is 4.79 Å². The van der Waals surface area contributed by atoms with Gasteiger partial charge in [0.05, 0.1) is 0 Å². The minimum absolute atomic E-state index is 0.0405. The largest absolute Gasteiger partial charge is 0.349 e. The van der Waals surface area contributed by atoms with E-state index in [0.29, 0.717) is 6.54 Å². The molecule has 0 unspecified atom stereocenters. The van der Waals surface area contributed by atoms with Crippen LogP contribution in [0, 0.1) is 23.2 Å². The topological polar surface area (TPSA) is 55.1 Å². The van der Waals surface area contributed by atoms with Crippen LogP contribution in [-0.4, -0.2) is 18.0 Å². The molecule has 3 heteroatoms. The summed E-state index contributed by atoms with van der Waals surface area (Å²) in [5, 5.41) is 3.20. The van der Waals surface area contributed by atoms with E-state index in [-0.39, 0.29) is 16.9 Å². The summed E-state index contributed by atoms with van der Waals surface area (Å²) in [6, 6.07) is 0. The molecule has 4 aliphatic carbocycles. The van der Waals surface area contributed by atoms with E-state index < -0.39 is 0 Å². The van der Waals surface area contributed by atoms with Gasteiger partial charge in [0.2, 0.25) is 5.91 Å². The van der Waals surface area contributed by atoms with Crippen LogP contribution >= 0.6 is 0 Å². The van der Waals surface area contributed by atoms with Gasteiger partial charge in [0.25, 0.3) is 0 Å². The monoisotopic (exact) mass is 250 g/mol. The maximum Gasteiger partial charge on any atom is 0.226 e. The van der Waals surface area contributed by atoms with E-state index in [9.17, 15) is 4.79 Å². The molecule has 0 aromatic heterocycles. The summed E-state index contributed by atoms with van der Waals surface area (Å²) in [6.45, 7) is 4.54. The van der Waals surface area contributed by atoms with E-state index >= 15 is 0 Å². The van der Waals surface area contributed by atoms with E-state index in [1.807, 2.05) is 13.8 Å². The lowest BCUT2D eigenvalue weighted by atomic mass is 9.49. The average molecular weight is 250 g/mol. The van der Waals surface area contributed by atoms with E-state index in [4.69, 9.17) is 5.73 Å². The fraction of sp³-hybridized carbons (Fsp3) is 0.933. The Morgan fingerprint density at radius 3 is 2.00 bits per heavy atom. The Kier molecular flexibility index (Phi) is 2.74. The SMILES string of the molecule is CC(C)(CN)NC(=O)C12CC3CC(CC(C3)C1)C2. The van der Waals surface area contributed by atoms with E-state index in [2.05, 4.69) is 5.32 Å². The molecule has 4 rings (SSSR count). The quantitative estimate of drug-likeness (QED) is 0.805. The molecule has 0 heterocycles. The molecule has 0 saturated heterocycles. The van der Waals surface area contributed by atoms with Crippen molar-refractivity contribution in [1.29, 1.82) is 0 Å². The number of nitrogens with two attached hydrogens (primary N) is 1. The molecule has 18 heavy (non-hydrogen) atoms. The molecule has 4 aliphatic rings. The number of hydrogen-bond acceptors (Lipinski definition) is 2. The molecule has 102 valence electrons. The first-order valence-electron chi connectivity index (χ1n) is 7.45. The van der Waals surface area contributed by atoms with Gasteiger partial charge in [0, 0.05) is 17.5 Å². The molecule has 0 aliphatic heterocycles. The lowest BCUT2D eigenvalue weighted by Gasteiger charge is -2.56. The van der Waals surface area contributed by atoms with Crippen LogP contribution in [0.25, 0.3) is 0 Å². The molecule has 0 aromatic rings. The molecular formula is C15H26N2O. The van der Waals surface area contributed by atoms with Crippen molar-refractivity contribution in [2.75, 3.05) is 6.54 Å². The zero-order valence-electron chi connectivity index (χ0n) is 11.7. The molecule has 1 amide bonds. The average Bonchev–Trinajstić information content (AvgIpc) is 2.26. The highest BCUT2D eigenvalue weighted by molar-refractivity contribution is 5.83. The Balaban J connectivity index is 1.77. The van der Waals surface area contributed by atoms with Crippen molar-refractivity contribution in [3.05, 3.63) is 0 Å². The van der Waals surface area contributed by atoms with Crippen LogP contribution in [0.15, 0.2) is 0 Å². The predicted molar refractivity (Wildman–Crippen MR) is 71.9 cm³/mol. The van der Waals surface area contributed by atoms with Crippen LogP contribution in [0.4, 0.5) is 0 Å². The summed E-state index contributed by atoms with van der Waals surface area (Å²) in [7, 11) is 0. The normalized spacial score (nSPS) is 42.1. The van der Waals surface area contributed by atoms with Crippen molar-refractivity contribution in [1.82, 2.24) is 5.32 Å². The van der Waals surface area contributed by atoms with Gasteiger partial charge >= 0.3 is 0 Å². The number of hydrogen-bond donors (Lipinski definition) is 2. The molecule has 3 N–H and O–H groups in total. The van der Waals surface area contributed by atoms with Crippen molar-refractivity contribution >= 4 is 5.91 Å². The van der Waals surface area contributed by atoms with Crippen LogP contribution in [0.2, 0.25) is 0 Å². The minimum atomic E-state index is -0.263. The van der Waals surface area contributed by atoms with E-state index in [1.165, 1.54) is 19.3 Å². The second-order valence-corrected chi connectivity index (χ2v) is 7.74. The highest BCUT2D eigenvalue weighted by atomic mass is 16.2. The second kappa shape index (κ2) is 3.96. The van der Waals surface area contributed by atoms with E-state index in [1.54, 1.807) is 0 Å². The van der Waals surface area contributed by atoms with E-state index in [0.717, 1.165) is 37.0 Å². The lowest BCUT2D eigenvalue weighted by Crippen LogP contribution is -2.59. The van der Waals surface area contributed by atoms with Crippen molar-refractivity contribution in [2.45, 2.75) is 57.9 Å². The zero-order valence-corrected chi connectivity index (χ0v) is 11.7. The molecule has 4 bridgehead atoms. The third kappa shape index (κ3) is 1.97.